The number of aromatic nitrogens is 2. The standard InChI is InChI=1S/C13H15N3O2/c1-9-2-4-10(5-3-9)13-14-12(18-15-13)8-16-6-11(17)7-16/h2-5,11,17H,6-8H2,1H3. The van der Waals surface area contributed by atoms with Crippen molar-refractivity contribution >= 4 is 0 Å². The second kappa shape index (κ2) is 4.51. The SMILES string of the molecule is Cc1ccc(-c2noc(CN3CC(O)C3)n2)cc1. The Morgan fingerprint density at radius 1 is 1.33 bits per heavy atom. The quantitative estimate of drug-likeness (QED) is 0.881. The van der Waals surface area contributed by atoms with Crippen molar-refractivity contribution in [1.82, 2.24) is 15.0 Å². The highest BCUT2D eigenvalue weighted by Gasteiger charge is 2.25. The molecule has 5 nitrogen and oxygen atoms in total. The minimum absolute atomic E-state index is 0.204. The van der Waals surface area contributed by atoms with Crippen molar-refractivity contribution in [1.29, 1.82) is 0 Å². The molecule has 18 heavy (non-hydrogen) atoms. The van der Waals surface area contributed by atoms with Gasteiger partial charge >= 0.3 is 0 Å². The van der Waals surface area contributed by atoms with Gasteiger partial charge in [0.1, 0.15) is 0 Å². The number of rotatable bonds is 3. The number of likely N-dealkylation sites (tertiary alicyclic amines) is 1. The van der Waals surface area contributed by atoms with Crippen LogP contribution in [0.3, 0.4) is 0 Å². The molecule has 5 heteroatoms. The lowest BCUT2D eigenvalue weighted by Crippen LogP contribution is -2.49. The Morgan fingerprint density at radius 3 is 2.72 bits per heavy atom. The van der Waals surface area contributed by atoms with Crippen molar-refractivity contribution in [2.45, 2.75) is 19.6 Å². The lowest BCUT2D eigenvalue weighted by atomic mass is 10.1. The second-order valence-corrected chi connectivity index (χ2v) is 4.73. The van der Waals surface area contributed by atoms with E-state index in [0.717, 1.165) is 5.56 Å². The van der Waals surface area contributed by atoms with Gasteiger partial charge in [-0.3, -0.25) is 4.90 Å². The van der Waals surface area contributed by atoms with Crippen LogP contribution in [0.5, 0.6) is 0 Å². The number of aryl methyl sites for hydroxylation is 1. The molecule has 0 atom stereocenters. The summed E-state index contributed by atoms with van der Waals surface area (Å²) in [6.45, 7) is 4.01. The molecule has 1 saturated heterocycles. The fourth-order valence-corrected chi connectivity index (χ4v) is 2.00. The van der Waals surface area contributed by atoms with Gasteiger partial charge in [0.25, 0.3) is 0 Å². The highest BCUT2D eigenvalue weighted by atomic mass is 16.5. The van der Waals surface area contributed by atoms with E-state index in [-0.39, 0.29) is 6.10 Å². The molecule has 1 aromatic heterocycles. The van der Waals surface area contributed by atoms with E-state index in [0.29, 0.717) is 31.3 Å². The van der Waals surface area contributed by atoms with Gasteiger partial charge in [0.05, 0.1) is 12.6 Å². The molecule has 1 aliphatic heterocycles. The molecule has 2 heterocycles. The zero-order chi connectivity index (χ0) is 12.5. The van der Waals surface area contributed by atoms with Crippen LogP contribution in [0.4, 0.5) is 0 Å². The Bertz CT molecular complexity index is 529. The van der Waals surface area contributed by atoms with E-state index in [4.69, 9.17) is 4.52 Å². The number of β-amino-alcohol motifs (C(OH)–C–C–N with tert-alkyl or cyclic N) is 1. The molecule has 0 spiro atoms. The van der Waals surface area contributed by atoms with Crippen LogP contribution in [0.2, 0.25) is 0 Å². The third kappa shape index (κ3) is 2.27. The van der Waals surface area contributed by atoms with Gasteiger partial charge in [-0.1, -0.05) is 35.0 Å². The van der Waals surface area contributed by atoms with E-state index in [1.807, 2.05) is 31.2 Å². The largest absolute Gasteiger partial charge is 0.390 e. The lowest BCUT2D eigenvalue weighted by molar-refractivity contribution is -0.00806. The number of hydrogen-bond acceptors (Lipinski definition) is 5. The first kappa shape index (κ1) is 11.4. The highest BCUT2D eigenvalue weighted by molar-refractivity contribution is 5.54. The van der Waals surface area contributed by atoms with Crippen LogP contribution in [0.15, 0.2) is 28.8 Å². The summed E-state index contributed by atoms with van der Waals surface area (Å²) < 4.78 is 5.21. The predicted octanol–water partition coefficient (Wildman–Crippen LogP) is 1.22. The minimum Gasteiger partial charge on any atom is -0.390 e. The number of hydrogen-bond donors (Lipinski definition) is 1. The second-order valence-electron chi connectivity index (χ2n) is 4.73. The average Bonchev–Trinajstić information content (AvgIpc) is 2.77. The van der Waals surface area contributed by atoms with E-state index in [1.54, 1.807) is 0 Å². The Hall–Kier alpha value is -1.72. The summed E-state index contributed by atoms with van der Waals surface area (Å²) in [6.07, 6.45) is -0.204. The molecular formula is C13H15N3O2. The van der Waals surface area contributed by atoms with Crippen molar-refractivity contribution in [2.75, 3.05) is 13.1 Å². The maximum atomic E-state index is 9.20. The summed E-state index contributed by atoms with van der Waals surface area (Å²) in [5.74, 6) is 1.21. The molecule has 1 N–H and O–H groups in total. The maximum absolute atomic E-state index is 9.20. The molecule has 2 aromatic rings. The van der Waals surface area contributed by atoms with Gasteiger partial charge in [0.15, 0.2) is 0 Å². The highest BCUT2D eigenvalue weighted by Crippen LogP contribution is 2.18. The first-order valence-electron chi connectivity index (χ1n) is 6.01. The van der Waals surface area contributed by atoms with Crippen LogP contribution in [0.25, 0.3) is 11.4 Å². The molecule has 0 saturated carbocycles. The van der Waals surface area contributed by atoms with Crippen molar-refractivity contribution in [3.63, 3.8) is 0 Å². The normalized spacial score (nSPS) is 16.8. The number of benzene rings is 1. The van der Waals surface area contributed by atoms with E-state index in [9.17, 15) is 5.11 Å². The molecule has 0 bridgehead atoms. The smallest absolute Gasteiger partial charge is 0.241 e. The van der Waals surface area contributed by atoms with Crippen LogP contribution in [0, 0.1) is 6.92 Å². The van der Waals surface area contributed by atoms with Crippen LogP contribution < -0.4 is 0 Å². The van der Waals surface area contributed by atoms with Gasteiger partial charge in [0, 0.05) is 18.7 Å². The van der Waals surface area contributed by atoms with Crippen LogP contribution in [-0.4, -0.2) is 39.3 Å². The van der Waals surface area contributed by atoms with E-state index in [1.165, 1.54) is 5.56 Å². The van der Waals surface area contributed by atoms with Gasteiger partial charge in [-0.05, 0) is 6.92 Å². The van der Waals surface area contributed by atoms with E-state index >= 15 is 0 Å². The Balaban J connectivity index is 1.71. The van der Waals surface area contributed by atoms with Gasteiger partial charge in [0.2, 0.25) is 11.7 Å². The van der Waals surface area contributed by atoms with Crippen molar-refractivity contribution < 1.29 is 9.63 Å². The Morgan fingerprint density at radius 2 is 2.06 bits per heavy atom. The molecule has 94 valence electrons. The third-order valence-corrected chi connectivity index (χ3v) is 3.07. The Kier molecular flexibility index (Phi) is 2.85. The average molecular weight is 245 g/mol. The summed E-state index contributed by atoms with van der Waals surface area (Å²) >= 11 is 0. The third-order valence-electron chi connectivity index (χ3n) is 3.07. The number of nitrogens with zero attached hydrogens (tertiary/aromatic N) is 3. The van der Waals surface area contributed by atoms with Crippen molar-refractivity contribution in [2.24, 2.45) is 0 Å². The molecule has 1 aromatic carbocycles. The summed E-state index contributed by atoms with van der Waals surface area (Å²) in [5, 5.41) is 13.2. The number of aliphatic hydroxyl groups is 1. The van der Waals surface area contributed by atoms with Crippen molar-refractivity contribution in [3.05, 3.63) is 35.7 Å². The summed E-state index contributed by atoms with van der Waals surface area (Å²) in [5.41, 5.74) is 2.16. The summed E-state index contributed by atoms with van der Waals surface area (Å²) in [6, 6.07) is 8.02. The minimum atomic E-state index is -0.204. The molecule has 3 rings (SSSR count). The van der Waals surface area contributed by atoms with E-state index < -0.39 is 0 Å². The molecule has 1 fully saturated rings. The molecule has 0 radical (unpaired) electrons. The van der Waals surface area contributed by atoms with Crippen molar-refractivity contribution in [3.8, 4) is 11.4 Å². The molecular weight excluding hydrogens is 230 g/mol. The summed E-state index contributed by atoms with van der Waals surface area (Å²) in [4.78, 5) is 6.42. The fraction of sp³-hybridized carbons (Fsp3) is 0.385. The predicted molar refractivity (Wildman–Crippen MR) is 65.8 cm³/mol. The maximum Gasteiger partial charge on any atom is 0.241 e. The van der Waals surface area contributed by atoms with Crippen LogP contribution in [-0.2, 0) is 6.54 Å². The zero-order valence-corrected chi connectivity index (χ0v) is 10.2. The number of aliphatic hydroxyl groups excluding tert-OH is 1. The van der Waals surface area contributed by atoms with Gasteiger partial charge in [-0.15, -0.1) is 0 Å². The fourth-order valence-electron chi connectivity index (χ4n) is 2.00. The van der Waals surface area contributed by atoms with Gasteiger partial charge < -0.3 is 9.63 Å². The first-order chi connectivity index (χ1) is 8.70. The molecule has 0 amide bonds. The monoisotopic (exact) mass is 245 g/mol. The van der Waals surface area contributed by atoms with Crippen LogP contribution in [0.1, 0.15) is 11.5 Å². The summed E-state index contributed by atoms with van der Waals surface area (Å²) in [7, 11) is 0. The molecule has 1 aliphatic rings. The lowest BCUT2D eigenvalue weighted by Gasteiger charge is -2.34. The Labute approximate surface area is 105 Å². The zero-order valence-electron chi connectivity index (χ0n) is 10.2. The van der Waals surface area contributed by atoms with E-state index in [2.05, 4.69) is 15.0 Å². The topological polar surface area (TPSA) is 62.4 Å². The molecule has 0 unspecified atom stereocenters. The van der Waals surface area contributed by atoms with Gasteiger partial charge in [-0.25, -0.2) is 0 Å². The first-order valence-corrected chi connectivity index (χ1v) is 6.01. The van der Waals surface area contributed by atoms with Crippen LogP contribution >= 0.6 is 0 Å². The van der Waals surface area contributed by atoms with Gasteiger partial charge in [-0.2, -0.15) is 4.98 Å². The molecule has 0 aliphatic carbocycles.